The van der Waals surface area contributed by atoms with E-state index < -0.39 is 10.0 Å². The normalized spacial score (nSPS) is 14.3. The van der Waals surface area contributed by atoms with Gasteiger partial charge in [0.2, 0.25) is 5.91 Å². The molecule has 1 saturated carbocycles. The number of rotatable bonds is 8. The molecule has 0 spiro atoms. The number of amides is 1. The molecular formula is C26H30ClN3O3S2. The third kappa shape index (κ3) is 6.42. The third-order valence-corrected chi connectivity index (χ3v) is 9.19. The Morgan fingerprint density at radius 2 is 1.86 bits per heavy atom. The van der Waals surface area contributed by atoms with Crippen molar-refractivity contribution in [1.82, 2.24) is 4.98 Å². The minimum absolute atomic E-state index is 0.0228. The molecule has 1 aliphatic carbocycles. The molecule has 1 aliphatic rings. The number of aryl methyl sites for hydroxylation is 3. The summed E-state index contributed by atoms with van der Waals surface area (Å²) in [6, 6.07) is 10.4. The highest BCUT2D eigenvalue weighted by atomic mass is 35.5. The van der Waals surface area contributed by atoms with Crippen LogP contribution in [-0.2, 0) is 14.8 Å². The van der Waals surface area contributed by atoms with Crippen LogP contribution in [0.2, 0.25) is 5.02 Å². The number of carbonyl (C=O) groups excluding carboxylic acids is 1. The van der Waals surface area contributed by atoms with Crippen molar-refractivity contribution in [3.05, 3.63) is 58.2 Å². The zero-order valence-corrected chi connectivity index (χ0v) is 22.5. The van der Waals surface area contributed by atoms with E-state index in [4.69, 9.17) is 11.6 Å². The minimum Gasteiger partial charge on any atom is -0.302 e. The number of sulfonamides is 1. The van der Waals surface area contributed by atoms with Gasteiger partial charge >= 0.3 is 0 Å². The molecule has 1 aromatic heterocycles. The molecule has 3 aromatic rings. The van der Waals surface area contributed by atoms with Crippen molar-refractivity contribution in [1.29, 1.82) is 0 Å². The molecule has 6 nitrogen and oxygen atoms in total. The topological polar surface area (TPSA) is 88.2 Å². The highest BCUT2D eigenvalue weighted by Crippen LogP contribution is 2.35. The number of carbonyl (C=O) groups is 1. The molecule has 1 amide bonds. The number of nitrogens with zero attached hydrogens (tertiary/aromatic N) is 1. The van der Waals surface area contributed by atoms with Crippen LogP contribution in [0.15, 0.2) is 41.3 Å². The van der Waals surface area contributed by atoms with E-state index >= 15 is 0 Å². The van der Waals surface area contributed by atoms with Gasteiger partial charge in [-0.25, -0.2) is 13.4 Å². The molecule has 0 unspecified atom stereocenters. The lowest BCUT2D eigenvalue weighted by Crippen LogP contribution is -2.14. The van der Waals surface area contributed by atoms with Gasteiger partial charge in [0, 0.05) is 11.4 Å². The van der Waals surface area contributed by atoms with E-state index in [0.717, 1.165) is 28.1 Å². The van der Waals surface area contributed by atoms with Gasteiger partial charge in [0.05, 0.1) is 21.2 Å². The zero-order valence-electron chi connectivity index (χ0n) is 20.2. The molecule has 2 N–H and O–H groups in total. The molecule has 9 heteroatoms. The molecule has 2 aromatic carbocycles. The first-order valence-electron chi connectivity index (χ1n) is 11.8. The van der Waals surface area contributed by atoms with E-state index in [2.05, 4.69) is 15.0 Å². The number of thiazole rings is 1. The zero-order chi connectivity index (χ0) is 25.2. The summed E-state index contributed by atoms with van der Waals surface area (Å²) < 4.78 is 29.1. The third-order valence-electron chi connectivity index (χ3n) is 6.33. The monoisotopic (exact) mass is 531 g/mol. The van der Waals surface area contributed by atoms with Crippen molar-refractivity contribution >= 4 is 49.7 Å². The van der Waals surface area contributed by atoms with Crippen LogP contribution in [-0.4, -0.2) is 19.3 Å². The highest BCUT2D eigenvalue weighted by Gasteiger charge is 2.21. The summed E-state index contributed by atoms with van der Waals surface area (Å²) in [7, 11) is -3.84. The van der Waals surface area contributed by atoms with Crippen LogP contribution in [0.3, 0.4) is 0 Å². The second-order valence-corrected chi connectivity index (χ2v) is 12.4. The first kappa shape index (κ1) is 25.7. The average molecular weight is 532 g/mol. The van der Waals surface area contributed by atoms with Crippen LogP contribution in [0.25, 0.3) is 10.4 Å². The van der Waals surface area contributed by atoms with Crippen molar-refractivity contribution in [3.8, 4) is 10.4 Å². The fourth-order valence-electron chi connectivity index (χ4n) is 4.57. The van der Waals surface area contributed by atoms with Gasteiger partial charge < -0.3 is 5.32 Å². The number of anilines is 2. The predicted molar refractivity (Wildman–Crippen MR) is 144 cm³/mol. The lowest BCUT2D eigenvalue weighted by atomic mass is 10.0. The molecule has 1 heterocycles. The Kier molecular flexibility index (Phi) is 7.83. The molecule has 4 rings (SSSR count). The van der Waals surface area contributed by atoms with Gasteiger partial charge in [-0.05, 0) is 74.1 Å². The number of benzene rings is 2. The summed E-state index contributed by atoms with van der Waals surface area (Å²) in [5.41, 5.74) is 3.38. The molecule has 0 bridgehead atoms. The predicted octanol–water partition coefficient (Wildman–Crippen LogP) is 7.10. The van der Waals surface area contributed by atoms with Crippen molar-refractivity contribution < 1.29 is 13.2 Å². The van der Waals surface area contributed by atoms with E-state index in [1.54, 1.807) is 37.3 Å². The summed E-state index contributed by atoms with van der Waals surface area (Å²) in [6.07, 6.45) is 6.39. The standard InChI is InChI=1S/C26H30ClN3O3S2/c1-16-12-21(27)15-22(13-16)30-35(32,33)23-14-20(10-8-17(23)2)25-18(3)28-26(34-25)29-24(31)11-9-19-6-4-5-7-19/h8,10,12-15,19,30H,4-7,9,11H2,1-3H3,(H,28,29,31). The number of nitrogens with one attached hydrogen (secondary N) is 2. The van der Waals surface area contributed by atoms with E-state index in [0.29, 0.717) is 33.7 Å². The molecular weight excluding hydrogens is 502 g/mol. The van der Waals surface area contributed by atoms with Crippen LogP contribution in [0.1, 0.15) is 55.3 Å². The molecule has 0 saturated heterocycles. The van der Waals surface area contributed by atoms with Crippen LogP contribution in [0.5, 0.6) is 0 Å². The van der Waals surface area contributed by atoms with Crippen LogP contribution < -0.4 is 10.0 Å². The number of halogens is 1. The second-order valence-electron chi connectivity index (χ2n) is 9.27. The summed E-state index contributed by atoms with van der Waals surface area (Å²) >= 11 is 7.46. The van der Waals surface area contributed by atoms with Crippen LogP contribution in [0, 0.1) is 26.7 Å². The first-order chi connectivity index (χ1) is 16.6. The Labute approximate surface area is 216 Å². The minimum atomic E-state index is -3.84. The SMILES string of the molecule is Cc1cc(Cl)cc(NS(=O)(=O)c2cc(-c3sc(NC(=O)CCC4CCCC4)nc3C)ccc2C)c1. The Morgan fingerprint density at radius 3 is 2.57 bits per heavy atom. The van der Waals surface area contributed by atoms with Gasteiger partial charge in [-0.3, -0.25) is 9.52 Å². The Morgan fingerprint density at radius 1 is 1.11 bits per heavy atom. The Balaban J connectivity index is 1.53. The van der Waals surface area contributed by atoms with Gasteiger partial charge in [0.1, 0.15) is 0 Å². The van der Waals surface area contributed by atoms with Gasteiger partial charge in [0.25, 0.3) is 10.0 Å². The van der Waals surface area contributed by atoms with Gasteiger partial charge in [-0.1, -0.05) is 60.8 Å². The van der Waals surface area contributed by atoms with Gasteiger partial charge in [-0.2, -0.15) is 0 Å². The largest absolute Gasteiger partial charge is 0.302 e. The Hall–Kier alpha value is -2.42. The molecule has 35 heavy (non-hydrogen) atoms. The number of hydrogen-bond acceptors (Lipinski definition) is 5. The molecule has 186 valence electrons. The lowest BCUT2D eigenvalue weighted by molar-refractivity contribution is -0.116. The summed E-state index contributed by atoms with van der Waals surface area (Å²) in [5, 5.41) is 3.92. The van der Waals surface area contributed by atoms with Crippen LogP contribution in [0.4, 0.5) is 10.8 Å². The molecule has 0 atom stereocenters. The molecule has 0 aliphatic heterocycles. The maximum atomic E-state index is 13.2. The van der Waals surface area contributed by atoms with E-state index in [1.165, 1.54) is 37.0 Å². The second kappa shape index (κ2) is 10.7. The van der Waals surface area contributed by atoms with Crippen molar-refractivity contribution in [3.63, 3.8) is 0 Å². The fourth-order valence-corrected chi connectivity index (χ4v) is 7.15. The average Bonchev–Trinajstić information content (AvgIpc) is 3.41. The van der Waals surface area contributed by atoms with E-state index in [-0.39, 0.29) is 10.8 Å². The Bertz CT molecular complexity index is 1330. The first-order valence-corrected chi connectivity index (χ1v) is 14.5. The maximum absolute atomic E-state index is 13.2. The van der Waals surface area contributed by atoms with Crippen molar-refractivity contribution in [2.24, 2.45) is 5.92 Å². The quantitative estimate of drug-likeness (QED) is 0.324. The molecule has 0 radical (unpaired) electrons. The maximum Gasteiger partial charge on any atom is 0.262 e. The van der Waals surface area contributed by atoms with E-state index in [9.17, 15) is 13.2 Å². The van der Waals surface area contributed by atoms with Gasteiger partial charge in [0.15, 0.2) is 5.13 Å². The summed E-state index contributed by atoms with van der Waals surface area (Å²) in [6.45, 7) is 5.48. The molecule has 1 fully saturated rings. The smallest absolute Gasteiger partial charge is 0.262 e. The summed E-state index contributed by atoms with van der Waals surface area (Å²) in [4.78, 5) is 18.0. The number of hydrogen-bond donors (Lipinski definition) is 2. The van der Waals surface area contributed by atoms with Crippen LogP contribution >= 0.6 is 22.9 Å². The van der Waals surface area contributed by atoms with Crippen molar-refractivity contribution in [2.75, 3.05) is 10.0 Å². The van der Waals surface area contributed by atoms with E-state index in [1.807, 2.05) is 19.9 Å². The van der Waals surface area contributed by atoms with Gasteiger partial charge in [-0.15, -0.1) is 0 Å². The number of aromatic nitrogens is 1. The van der Waals surface area contributed by atoms with Crippen molar-refractivity contribution in [2.45, 2.75) is 64.2 Å². The summed E-state index contributed by atoms with van der Waals surface area (Å²) in [5.74, 6) is 0.636. The lowest BCUT2D eigenvalue weighted by Gasteiger charge is -2.13. The fraction of sp³-hybridized carbons (Fsp3) is 0.385. The highest BCUT2D eigenvalue weighted by molar-refractivity contribution is 7.92.